The topological polar surface area (TPSA) is 127 Å². The third-order valence-electron chi connectivity index (χ3n) is 2.31. The maximum Gasteiger partial charge on any atom is 0.320 e. The Morgan fingerprint density at radius 3 is 2.86 bits per heavy atom. The fraction of sp³-hybridized carbons (Fsp3) is 0.273. The van der Waals surface area contributed by atoms with Gasteiger partial charge in [0.25, 0.3) is 5.56 Å². The molecule has 2 rings (SSSR count). The molecule has 0 aliphatic rings. The Hall–Kier alpha value is -2.49. The maximum absolute atomic E-state index is 11.4. The first-order chi connectivity index (χ1) is 9.99. The van der Waals surface area contributed by atoms with E-state index in [4.69, 9.17) is 0 Å². The van der Waals surface area contributed by atoms with E-state index in [9.17, 15) is 14.9 Å². The Labute approximate surface area is 123 Å². The average Bonchev–Trinajstić information content (AvgIpc) is 2.37. The smallest absolute Gasteiger partial charge is 0.320 e. The van der Waals surface area contributed by atoms with Gasteiger partial charge in [-0.25, -0.2) is 9.97 Å². The quantitative estimate of drug-likeness (QED) is 0.367. The molecule has 0 saturated heterocycles. The lowest BCUT2D eigenvalue weighted by molar-refractivity contribution is -0.388. The third-order valence-corrected chi connectivity index (χ3v) is 3.19. The first kappa shape index (κ1) is 14.9. The van der Waals surface area contributed by atoms with Crippen molar-refractivity contribution < 1.29 is 4.92 Å². The summed E-state index contributed by atoms with van der Waals surface area (Å²) in [5.41, 5.74) is -0.0516. The minimum atomic E-state index is -0.577. The Morgan fingerprint density at radius 2 is 2.24 bits per heavy atom. The molecule has 0 atom stereocenters. The number of hydrogen-bond donors (Lipinski definition) is 2. The maximum atomic E-state index is 11.4. The number of nitrogens with zero attached hydrogens (tertiary/aromatic N) is 4. The molecule has 0 spiro atoms. The van der Waals surface area contributed by atoms with Crippen LogP contribution in [-0.4, -0.2) is 31.4 Å². The van der Waals surface area contributed by atoms with Gasteiger partial charge in [-0.1, -0.05) is 0 Å². The SMILES string of the molecule is CCNc1ncc([N+](=O)[O-])c(Sc2nc(C)cc(=O)[nH]2)n1. The summed E-state index contributed by atoms with van der Waals surface area (Å²) in [6.45, 7) is 4.11. The molecular formula is C11H12N6O3S. The number of nitro groups is 1. The van der Waals surface area contributed by atoms with Crippen LogP contribution in [0.15, 0.2) is 27.2 Å². The summed E-state index contributed by atoms with van der Waals surface area (Å²) in [7, 11) is 0. The zero-order valence-corrected chi connectivity index (χ0v) is 12.1. The van der Waals surface area contributed by atoms with Gasteiger partial charge in [-0.2, -0.15) is 4.98 Å². The van der Waals surface area contributed by atoms with E-state index in [1.165, 1.54) is 6.07 Å². The van der Waals surface area contributed by atoms with Gasteiger partial charge in [0.15, 0.2) is 10.2 Å². The molecule has 0 aliphatic heterocycles. The summed E-state index contributed by atoms with van der Waals surface area (Å²) < 4.78 is 0. The summed E-state index contributed by atoms with van der Waals surface area (Å²) in [4.78, 5) is 36.4. The number of anilines is 1. The van der Waals surface area contributed by atoms with Crippen molar-refractivity contribution in [2.24, 2.45) is 0 Å². The van der Waals surface area contributed by atoms with Crippen LogP contribution in [0.2, 0.25) is 0 Å². The van der Waals surface area contributed by atoms with Gasteiger partial charge in [0.1, 0.15) is 6.20 Å². The first-order valence-electron chi connectivity index (χ1n) is 6.00. The van der Waals surface area contributed by atoms with Gasteiger partial charge in [-0.15, -0.1) is 0 Å². The number of aryl methyl sites for hydroxylation is 1. The lowest BCUT2D eigenvalue weighted by atomic mass is 10.5. The normalized spacial score (nSPS) is 10.4. The van der Waals surface area contributed by atoms with Gasteiger partial charge in [0.05, 0.1) is 4.92 Å². The predicted octanol–water partition coefficient (Wildman–Crippen LogP) is 1.36. The molecule has 2 heterocycles. The monoisotopic (exact) mass is 308 g/mol. The van der Waals surface area contributed by atoms with Gasteiger partial charge in [0.2, 0.25) is 5.95 Å². The highest BCUT2D eigenvalue weighted by Crippen LogP contribution is 2.30. The van der Waals surface area contributed by atoms with Gasteiger partial charge in [-0.3, -0.25) is 14.9 Å². The summed E-state index contributed by atoms with van der Waals surface area (Å²) in [5, 5.41) is 14.2. The second-order valence-corrected chi connectivity index (χ2v) is 4.94. The molecule has 0 aromatic carbocycles. The van der Waals surface area contributed by atoms with Gasteiger partial charge in [-0.05, 0) is 25.6 Å². The molecule has 0 saturated carbocycles. The zero-order chi connectivity index (χ0) is 15.4. The van der Waals surface area contributed by atoms with Crippen LogP contribution in [0.1, 0.15) is 12.6 Å². The largest absolute Gasteiger partial charge is 0.354 e. The summed E-state index contributed by atoms with van der Waals surface area (Å²) >= 11 is 0.911. The lowest BCUT2D eigenvalue weighted by Crippen LogP contribution is -2.09. The number of nitrogens with one attached hydrogen (secondary N) is 2. The van der Waals surface area contributed by atoms with E-state index in [2.05, 4.69) is 25.3 Å². The first-order valence-corrected chi connectivity index (χ1v) is 6.82. The zero-order valence-electron chi connectivity index (χ0n) is 11.3. The minimum Gasteiger partial charge on any atom is -0.354 e. The van der Waals surface area contributed by atoms with Crippen LogP contribution in [0.5, 0.6) is 0 Å². The molecule has 21 heavy (non-hydrogen) atoms. The standard InChI is InChI=1S/C11H12N6O3S/c1-3-12-10-13-5-7(17(19)20)9(16-10)21-11-14-6(2)4-8(18)15-11/h4-5H,3H2,1-2H3,(H,12,13,16)(H,14,15,18). The molecular weight excluding hydrogens is 296 g/mol. The number of hydrogen-bond acceptors (Lipinski definition) is 8. The molecule has 110 valence electrons. The van der Waals surface area contributed by atoms with Crippen LogP contribution in [0.3, 0.4) is 0 Å². The van der Waals surface area contributed by atoms with Crippen molar-refractivity contribution in [2.75, 3.05) is 11.9 Å². The molecule has 0 bridgehead atoms. The number of aromatic nitrogens is 4. The summed E-state index contributed by atoms with van der Waals surface area (Å²) in [6.07, 6.45) is 1.13. The van der Waals surface area contributed by atoms with Crippen molar-refractivity contribution in [1.82, 2.24) is 19.9 Å². The molecule has 2 aromatic heterocycles. The average molecular weight is 308 g/mol. The van der Waals surface area contributed by atoms with Gasteiger partial charge < -0.3 is 10.3 Å². The highest BCUT2D eigenvalue weighted by Gasteiger charge is 2.19. The van der Waals surface area contributed by atoms with Crippen molar-refractivity contribution in [3.8, 4) is 0 Å². The minimum absolute atomic E-state index is 0.111. The fourth-order valence-electron chi connectivity index (χ4n) is 1.49. The third kappa shape index (κ3) is 3.75. The van der Waals surface area contributed by atoms with Crippen LogP contribution in [0, 0.1) is 17.0 Å². The van der Waals surface area contributed by atoms with Crippen LogP contribution >= 0.6 is 11.8 Å². The van der Waals surface area contributed by atoms with Crippen LogP contribution < -0.4 is 10.9 Å². The van der Waals surface area contributed by atoms with E-state index >= 15 is 0 Å². The number of rotatable bonds is 5. The molecule has 0 aliphatic carbocycles. The second-order valence-electron chi connectivity index (χ2n) is 3.97. The Morgan fingerprint density at radius 1 is 1.48 bits per heavy atom. The lowest BCUT2D eigenvalue weighted by Gasteiger charge is -2.05. The molecule has 2 aromatic rings. The highest BCUT2D eigenvalue weighted by molar-refractivity contribution is 7.99. The van der Waals surface area contributed by atoms with Crippen molar-refractivity contribution >= 4 is 23.4 Å². The van der Waals surface area contributed by atoms with E-state index in [1.54, 1.807) is 6.92 Å². The molecule has 0 radical (unpaired) electrons. The van der Waals surface area contributed by atoms with E-state index < -0.39 is 4.92 Å². The summed E-state index contributed by atoms with van der Waals surface area (Å²) in [6, 6.07) is 1.34. The van der Waals surface area contributed by atoms with Crippen molar-refractivity contribution in [1.29, 1.82) is 0 Å². The Bertz CT molecular complexity index is 732. The van der Waals surface area contributed by atoms with Crippen LogP contribution in [0.25, 0.3) is 0 Å². The molecule has 0 fully saturated rings. The highest BCUT2D eigenvalue weighted by atomic mass is 32.2. The van der Waals surface area contributed by atoms with Gasteiger partial charge in [0, 0.05) is 18.3 Å². The van der Waals surface area contributed by atoms with Gasteiger partial charge >= 0.3 is 5.69 Å². The Kier molecular flexibility index (Phi) is 4.48. The number of aromatic amines is 1. The van der Waals surface area contributed by atoms with Crippen molar-refractivity contribution in [3.05, 3.63) is 38.4 Å². The van der Waals surface area contributed by atoms with Crippen LogP contribution in [-0.2, 0) is 0 Å². The molecule has 10 heteroatoms. The van der Waals surface area contributed by atoms with Crippen LogP contribution in [0.4, 0.5) is 11.6 Å². The Balaban J connectivity index is 2.42. The predicted molar refractivity (Wildman–Crippen MR) is 76.6 cm³/mol. The molecule has 2 N–H and O–H groups in total. The van der Waals surface area contributed by atoms with Crippen molar-refractivity contribution in [3.63, 3.8) is 0 Å². The van der Waals surface area contributed by atoms with E-state index in [1.807, 2.05) is 6.92 Å². The van der Waals surface area contributed by atoms with Crippen molar-refractivity contribution in [2.45, 2.75) is 24.0 Å². The van der Waals surface area contributed by atoms with E-state index in [-0.39, 0.29) is 27.4 Å². The second kappa shape index (κ2) is 6.31. The molecule has 0 amide bonds. The van der Waals surface area contributed by atoms with E-state index in [0.29, 0.717) is 12.2 Å². The van der Waals surface area contributed by atoms with E-state index in [0.717, 1.165) is 18.0 Å². The number of H-pyrrole nitrogens is 1. The molecule has 0 unspecified atom stereocenters. The molecule has 9 nitrogen and oxygen atoms in total. The fourth-order valence-corrected chi connectivity index (χ4v) is 2.38. The summed E-state index contributed by atoms with van der Waals surface area (Å²) in [5.74, 6) is 0.278.